The molecule has 7 heteroatoms. The molecule has 1 unspecified atom stereocenters. The number of halogens is 4. The number of primary amides is 1. The topological polar surface area (TPSA) is 55.1 Å². The highest BCUT2D eigenvalue weighted by molar-refractivity contribution is 5.94. The van der Waals surface area contributed by atoms with Gasteiger partial charge < -0.3 is 11.1 Å². The molecule has 1 rings (SSSR count). The van der Waals surface area contributed by atoms with Crippen LogP contribution in [0.4, 0.5) is 23.2 Å². The first-order chi connectivity index (χ1) is 7.82. The highest BCUT2D eigenvalue weighted by atomic mass is 19.3. The minimum atomic E-state index is -2.73. The van der Waals surface area contributed by atoms with E-state index in [0.717, 1.165) is 13.0 Å². The van der Waals surface area contributed by atoms with Gasteiger partial charge in [-0.1, -0.05) is 0 Å². The highest BCUT2D eigenvalue weighted by Crippen LogP contribution is 2.21. The van der Waals surface area contributed by atoms with Crippen LogP contribution in [-0.4, -0.2) is 18.4 Å². The summed E-state index contributed by atoms with van der Waals surface area (Å²) in [4.78, 5) is 10.8. The smallest absolute Gasteiger partial charge is 0.258 e. The van der Waals surface area contributed by atoms with Gasteiger partial charge in [0.25, 0.3) is 12.3 Å². The van der Waals surface area contributed by atoms with Gasteiger partial charge in [-0.2, -0.15) is 0 Å². The minimum absolute atomic E-state index is 0.395. The molecule has 0 saturated carbocycles. The molecule has 0 fully saturated rings. The summed E-state index contributed by atoms with van der Waals surface area (Å²) in [6, 6.07) is -0.150. The van der Waals surface area contributed by atoms with Crippen LogP contribution in [0.2, 0.25) is 0 Å². The van der Waals surface area contributed by atoms with E-state index >= 15 is 0 Å². The zero-order valence-electron chi connectivity index (χ0n) is 8.81. The Hall–Kier alpha value is -1.79. The van der Waals surface area contributed by atoms with Gasteiger partial charge in [-0.3, -0.25) is 4.79 Å². The number of anilines is 1. The van der Waals surface area contributed by atoms with Gasteiger partial charge in [0, 0.05) is 6.07 Å². The number of benzene rings is 1. The summed E-state index contributed by atoms with van der Waals surface area (Å²) in [5.74, 6) is -3.31. The number of nitrogens with one attached hydrogen (secondary N) is 1. The molecule has 1 aromatic carbocycles. The van der Waals surface area contributed by atoms with Crippen LogP contribution >= 0.6 is 0 Å². The van der Waals surface area contributed by atoms with Gasteiger partial charge >= 0.3 is 0 Å². The van der Waals surface area contributed by atoms with Gasteiger partial charge in [0.1, 0.15) is 11.6 Å². The summed E-state index contributed by atoms with van der Waals surface area (Å²) < 4.78 is 50.7. The van der Waals surface area contributed by atoms with Crippen molar-refractivity contribution in [1.82, 2.24) is 0 Å². The number of alkyl halides is 2. The van der Waals surface area contributed by atoms with E-state index in [-0.39, 0.29) is 0 Å². The molecule has 0 aliphatic carbocycles. The molecule has 0 aliphatic rings. The van der Waals surface area contributed by atoms with E-state index < -0.39 is 41.3 Å². The Kier molecular flexibility index (Phi) is 3.93. The van der Waals surface area contributed by atoms with Gasteiger partial charge in [-0.25, -0.2) is 17.6 Å². The van der Waals surface area contributed by atoms with Crippen molar-refractivity contribution in [1.29, 1.82) is 0 Å². The zero-order chi connectivity index (χ0) is 13.2. The van der Waals surface area contributed by atoms with E-state index in [4.69, 9.17) is 5.73 Å². The molecule has 3 N–H and O–H groups in total. The Morgan fingerprint density at radius 3 is 2.35 bits per heavy atom. The molecular formula is C10H10F4N2O. The van der Waals surface area contributed by atoms with Crippen molar-refractivity contribution in [3.05, 3.63) is 29.3 Å². The second-order valence-corrected chi connectivity index (χ2v) is 3.44. The van der Waals surface area contributed by atoms with Crippen LogP contribution < -0.4 is 11.1 Å². The summed E-state index contributed by atoms with van der Waals surface area (Å²) in [5.41, 5.74) is 3.89. The minimum Gasteiger partial charge on any atom is -0.374 e. The molecule has 0 spiro atoms. The molecule has 1 amide bonds. The van der Waals surface area contributed by atoms with Crippen LogP contribution in [0.5, 0.6) is 0 Å². The van der Waals surface area contributed by atoms with E-state index in [1.807, 2.05) is 0 Å². The maximum absolute atomic E-state index is 13.2. The molecule has 94 valence electrons. The van der Waals surface area contributed by atoms with E-state index in [0.29, 0.717) is 6.07 Å². The van der Waals surface area contributed by atoms with Crippen molar-refractivity contribution in [2.24, 2.45) is 5.73 Å². The molecule has 0 bridgehead atoms. The molecule has 0 heterocycles. The first kappa shape index (κ1) is 13.3. The predicted octanol–water partition coefficient (Wildman–Crippen LogP) is 2.13. The van der Waals surface area contributed by atoms with Gasteiger partial charge in [0.05, 0.1) is 17.3 Å². The van der Waals surface area contributed by atoms with Crippen molar-refractivity contribution in [3.8, 4) is 0 Å². The quantitative estimate of drug-likeness (QED) is 0.804. The summed E-state index contributed by atoms with van der Waals surface area (Å²) in [5, 5.41) is 2.13. The maximum Gasteiger partial charge on any atom is 0.258 e. The third-order valence-corrected chi connectivity index (χ3v) is 2.08. The number of carbonyl (C=O) groups excluding carboxylic acids is 1. The Balaban J connectivity index is 3.08. The van der Waals surface area contributed by atoms with Crippen LogP contribution in [0.1, 0.15) is 17.3 Å². The number of hydrogen-bond donors (Lipinski definition) is 2. The molecule has 0 aromatic heterocycles. The number of nitrogens with two attached hydrogens (primary N) is 1. The first-order valence-corrected chi connectivity index (χ1v) is 4.66. The molecule has 3 nitrogen and oxygen atoms in total. The summed E-state index contributed by atoms with van der Waals surface area (Å²) in [6.07, 6.45) is -2.73. The van der Waals surface area contributed by atoms with Crippen molar-refractivity contribution in [2.75, 3.05) is 5.32 Å². The van der Waals surface area contributed by atoms with Crippen molar-refractivity contribution in [2.45, 2.75) is 19.4 Å². The Labute approximate surface area is 94.6 Å². The molecule has 17 heavy (non-hydrogen) atoms. The second kappa shape index (κ2) is 5.03. The fraction of sp³-hybridized carbons (Fsp3) is 0.300. The van der Waals surface area contributed by atoms with Gasteiger partial charge in [-0.15, -0.1) is 0 Å². The lowest BCUT2D eigenvalue weighted by molar-refractivity contribution is 0.0996. The van der Waals surface area contributed by atoms with Crippen LogP contribution in [0.3, 0.4) is 0 Å². The lowest BCUT2D eigenvalue weighted by Crippen LogP contribution is -2.25. The Morgan fingerprint density at radius 2 is 1.88 bits per heavy atom. The van der Waals surface area contributed by atoms with Crippen LogP contribution in [0.25, 0.3) is 0 Å². The van der Waals surface area contributed by atoms with E-state index in [2.05, 4.69) is 5.32 Å². The number of carbonyl (C=O) groups is 1. The van der Waals surface area contributed by atoms with Crippen molar-refractivity contribution >= 4 is 11.6 Å². The Bertz CT molecular complexity index is 437. The molecule has 0 saturated heterocycles. The largest absolute Gasteiger partial charge is 0.374 e. The average Bonchev–Trinajstić information content (AvgIpc) is 2.21. The van der Waals surface area contributed by atoms with E-state index in [9.17, 15) is 22.4 Å². The van der Waals surface area contributed by atoms with Gasteiger partial charge in [0.2, 0.25) is 0 Å². The summed E-state index contributed by atoms with van der Waals surface area (Å²) in [7, 11) is 0. The predicted molar refractivity (Wildman–Crippen MR) is 54.0 cm³/mol. The normalized spacial score (nSPS) is 12.6. The third-order valence-electron chi connectivity index (χ3n) is 2.08. The monoisotopic (exact) mass is 250 g/mol. The van der Waals surface area contributed by atoms with E-state index in [1.165, 1.54) is 0 Å². The summed E-state index contributed by atoms with van der Waals surface area (Å²) >= 11 is 0. The van der Waals surface area contributed by atoms with Crippen LogP contribution in [0, 0.1) is 11.6 Å². The summed E-state index contributed by atoms with van der Waals surface area (Å²) in [6.45, 7) is 1.12. The molecular weight excluding hydrogens is 240 g/mol. The van der Waals surface area contributed by atoms with Gasteiger partial charge in [-0.05, 0) is 13.0 Å². The molecule has 0 aliphatic heterocycles. The van der Waals surface area contributed by atoms with E-state index in [1.54, 1.807) is 0 Å². The fourth-order valence-electron chi connectivity index (χ4n) is 1.16. The van der Waals surface area contributed by atoms with Crippen LogP contribution in [-0.2, 0) is 0 Å². The zero-order valence-corrected chi connectivity index (χ0v) is 8.81. The van der Waals surface area contributed by atoms with Crippen molar-refractivity contribution in [3.63, 3.8) is 0 Å². The van der Waals surface area contributed by atoms with Gasteiger partial charge in [0.15, 0.2) is 0 Å². The highest BCUT2D eigenvalue weighted by Gasteiger charge is 2.18. The molecule has 1 atom stereocenters. The fourth-order valence-corrected chi connectivity index (χ4v) is 1.16. The number of amides is 1. The van der Waals surface area contributed by atoms with Crippen molar-refractivity contribution < 1.29 is 22.4 Å². The maximum atomic E-state index is 13.2. The third kappa shape index (κ3) is 3.08. The second-order valence-electron chi connectivity index (χ2n) is 3.44. The average molecular weight is 250 g/mol. The lowest BCUT2D eigenvalue weighted by atomic mass is 10.1. The first-order valence-electron chi connectivity index (χ1n) is 4.66. The lowest BCUT2D eigenvalue weighted by Gasteiger charge is -2.15. The SMILES string of the molecule is CC(Nc1cc(C(N)=O)c(F)cc1F)C(F)F. The van der Waals surface area contributed by atoms with Crippen LogP contribution in [0.15, 0.2) is 12.1 Å². The standard InChI is InChI=1S/C10H10F4N2O/c1-4(9(13)14)16-8-2-5(10(15)17)6(11)3-7(8)12/h2-4,9,16H,1H3,(H2,15,17). The molecule has 0 radical (unpaired) electrons. The Morgan fingerprint density at radius 1 is 1.29 bits per heavy atom. The number of hydrogen-bond acceptors (Lipinski definition) is 2. The molecule has 1 aromatic rings. The number of rotatable bonds is 4.